The van der Waals surface area contributed by atoms with Crippen LogP contribution in [0, 0.1) is 0 Å². The smallest absolute Gasteiger partial charge is 0 e. The van der Waals surface area contributed by atoms with Crippen LogP contribution < -0.4 is 0 Å². The fraction of sp³-hybridized carbons (Fsp3) is 0. The first kappa shape index (κ1) is 19.2. The van der Waals surface area contributed by atoms with Crippen LogP contribution in [0.1, 0.15) is 0 Å². The summed E-state index contributed by atoms with van der Waals surface area (Å²) in [7, 11) is 0. The number of rotatable bonds is 0. The van der Waals surface area contributed by atoms with Gasteiger partial charge in [0.15, 0.2) is 0 Å². The Hall–Kier alpha value is 1.15. The fourth-order valence-electron chi connectivity index (χ4n) is 0. The maximum Gasteiger partial charge on any atom is 0 e. The van der Waals surface area contributed by atoms with Crippen molar-refractivity contribution in [2.45, 2.75) is 0 Å². The molecule has 0 saturated heterocycles. The summed E-state index contributed by atoms with van der Waals surface area (Å²) in [6.45, 7) is 0. The normalized spacial score (nSPS) is 1.25. The van der Waals surface area contributed by atoms with E-state index < -0.39 is 0 Å². The van der Waals surface area contributed by atoms with Crippen molar-refractivity contribution in [3.05, 3.63) is 0 Å². The molecule has 0 aromatic rings. The van der Waals surface area contributed by atoms with E-state index in [-0.39, 0.29) is 30.4 Å². The van der Waals surface area contributed by atoms with Crippen molar-refractivity contribution in [2.24, 2.45) is 0 Å². The van der Waals surface area contributed by atoms with Crippen molar-refractivity contribution in [3.8, 4) is 0 Å². The predicted octanol–water partition coefficient (Wildman–Crippen LogP) is -0.505. The van der Waals surface area contributed by atoms with Gasteiger partial charge in [0.1, 0.15) is 0 Å². The summed E-state index contributed by atoms with van der Waals surface area (Å²) in [5, 5.41) is 0. The maximum atomic E-state index is 7.94. The van der Waals surface area contributed by atoms with Gasteiger partial charge >= 0.3 is 19.5 Å². The van der Waals surface area contributed by atoms with Crippen LogP contribution in [0.15, 0.2) is 0 Å². The molecular weight excluding hydrogens is 168 g/mol. The van der Waals surface area contributed by atoms with E-state index in [9.17, 15) is 0 Å². The van der Waals surface area contributed by atoms with Gasteiger partial charge in [0.2, 0.25) is 0 Å². The van der Waals surface area contributed by atoms with Crippen molar-refractivity contribution in [3.63, 3.8) is 0 Å². The number of hydrogen-bond donors (Lipinski definition) is 0. The van der Waals surface area contributed by atoms with Crippen LogP contribution >= 0.6 is 0 Å². The summed E-state index contributed by atoms with van der Waals surface area (Å²) < 4.78 is 7.94. The van der Waals surface area contributed by atoms with E-state index in [1.54, 1.807) is 0 Å². The Morgan fingerprint density at radius 3 is 1.25 bits per heavy atom. The fourth-order valence-corrected chi connectivity index (χ4v) is 0. The standard InChI is InChI=1S/Co.O.Si.Zn. The second-order valence-electron chi connectivity index (χ2n) is 0. The molecule has 0 bridgehead atoms. The molecule has 0 spiro atoms. The minimum absolute atomic E-state index is 0. The van der Waals surface area contributed by atoms with E-state index in [2.05, 4.69) is 15.7 Å². The van der Waals surface area contributed by atoms with Gasteiger partial charge in [-0.15, -0.1) is 0 Å². The number of hydrogen-bond acceptors (Lipinski definition) is 1. The summed E-state index contributed by atoms with van der Waals surface area (Å²) in [5.41, 5.74) is 0. The van der Waals surface area contributed by atoms with Crippen molar-refractivity contribution < 1.29 is 39.0 Å². The van der Waals surface area contributed by atoms with Gasteiger partial charge in [-0.05, 0) is 0 Å². The Morgan fingerprint density at radius 1 is 1.25 bits per heavy atom. The van der Waals surface area contributed by atoms with E-state index >= 15 is 0 Å². The van der Waals surface area contributed by atoms with E-state index in [0.717, 1.165) is 0 Å². The Balaban J connectivity index is -0.00000000500. The minimum Gasteiger partial charge on any atom is 0 e. The Morgan fingerprint density at radius 2 is 1.25 bits per heavy atom. The van der Waals surface area contributed by atoms with Crippen LogP contribution in [0.25, 0.3) is 0 Å². The molecule has 4 radical (unpaired) electrons. The molecule has 0 fully saturated rings. The van der Waals surface area contributed by atoms with Crippen molar-refractivity contribution >= 4 is 11.0 Å². The molecule has 0 rings (SSSR count). The largest absolute Gasteiger partial charge is 0 e. The van der Waals surface area contributed by atoms with Crippen LogP contribution in [0.4, 0.5) is 0 Å². The van der Waals surface area contributed by atoms with Crippen molar-refractivity contribution in [1.29, 1.82) is 0 Å². The monoisotopic (exact) mass is 167 g/mol. The molecular formula is CoOSiZn. The van der Waals surface area contributed by atoms with Gasteiger partial charge < -0.3 is 0 Å². The molecule has 4 heavy (non-hydrogen) atoms. The molecule has 0 amide bonds. The zero-order valence-corrected chi connectivity index (χ0v) is 6.96. The first-order valence-electron chi connectivity index (χ1n) is 0.136. The topological polar surface area (TPSA) is 17.1 Å². The summed E-state index contributed by atoms with van der Waals surface area (Å²) in [4.78, 5) is 0. The van der Waals surface area contributed by atoms with E-state index in [0.29, 0.717) is 0 Å². The molecule has 1 nitrogen and oxygen atoms in total. The Bertz CT molecular complexity index is 8.00. The van der Waals surface area contributed by atoms with Gasteiger partial charge in [-0.2, -0.15) is 0 Å². The average Bonchev–Trinajstić information content (AvgIpc) is 1.00. The first-order chi connectivity index (χ1) is 1.00. The molecule has 0 aromatic heterocycles. The zero-order chi connectivity index (χ0) is 2.00. The van der Waals surface area contributed by atoms with E-state index in [1.807, 2.05) is 0 Å². The molecule has 0 N–H and O–H groups in total. The third-order valence-corrected chi connectivity index (χ3v) is 0. The van der Waals surface area contributed by atoms with E-state index in [1.165, 1.54) is 0 Å². The summed E-state index contributed by atoms with van der Waals surface area (Å²) >= 11 is 2.31. The predicted molar refractivity (Wildman–Crippen MR) is 6.44 cm³/mol. The van der Waals surface area contributed by atoms with Gasteiger partial charge in [-0.3, -0.25) is 0 Å². The molecule has 0 unspecified atom stereocenters. The van der Waals surface area contributed by atoms with Crippen LogP contribution in [-0.2, 0) is 39.0 Å². The third-order valence-electron chi connectivity index (χ3n) is 0. The summed E-state index contributed by atoms with van der Waals surface area (Å²) in [5.74, 6) is 0. The van der Waals surface area contributed by atoms with Crippen LogP contribution in [0.2, 0.25) is 0 Å². The Kier molecular flexibility index (Phi) is 150. The minimum atomic E-state index is 0. The SMILES string of the molecule is [O]=[Co].[Si].[Zn]. The second kappa shape index (κ2) is 31.2. The van der Waals surface area contributed by atoms with E-state index in [4.69, 9.17) is 3.87 Å². The molecule has 21 valence electrons. The third kappa shape index (κ3) is 11.0. The van der Waals surface area contributed by atoms with Crippen LogP contribution in [-0.4, -0.2) is 11.0 Å². The zero-order valence-electron chi connectivity index (χ0n) is 1.95. The van der Waals surface area contributed by atoms with Crippen LogP contribution in [0.3, 0.4) is 0 Å². The van der Waals surface area contributed by atoms with Gasteiger partial charge in [0.25, 0.3) is 0 Å². The molecule has 4 heteroatoms. The molecule has 0 aliphatic rings. The average molecular weight is 168 g/mol. The van der Waals surface area contributed by atoms with Crippen LogP contribution in [0.5, 0.6) is 0 Å². The molecule has 0 atom stereocenters. The van der Waals surface area contributed by atoms with Crippen molar-refractivity contribution in [1.82, 2.24) is 0 Å². The summed E-state index contributed by atoms with van der Waals surface area (Å²) in [6.07, 6.45) is 0. The second-order valence-corrected chi connectivity index (χ2v) is 0. The van der Waals surface area contributed by atoms with Gasteiger partial charge in [-0.25, -0.2) is 0 Å². The maximum absolute atomic E-state index is 7.94. The quantitative estimate of drug-likeness (QED) is 0.446. The van der Waals surface area contributed by atoms with Crippen molar-refractivity contribution in [2.75, 3.05) is 0 Å². The molecule has 0 aliphatic carbocycles. The molecule has 0 aromatic carbocycles. The van der Waals surface area contributed by atoms with Gasteiger partial charge in [0, 0.05) is 30.4 Å². The summed E-state index contributed by atoms with van der Waals surface area (Å²) in [6, 6.07) is 0. The first-order valence-corrected chi connectivity index (χ1v) is 0.561. The van der Waals surface area contributed by atoms with Gasteiger partial charge in [0.05, 0.1) is 0 Å². The molecule has 0 saturated carbocycles. The molecule has 0 aliphatic heterocycles. The Labute approximate surface area is 50.1 Å². The molecule has 0 heterocycles. The van der Waals surface area contributed by atoms with Gasteiger partial charge in [-0.1, -0.05) is 0 Å².